The molecule has 0 radical (unpaired) electrons. The fourth-order valence-electron chi connectivity index (χ4n) is 3.53. The number of nitrogens with one attached hydrogen (secondary N) is 1. The Hall–Kier alpha value is -1.75. The Morgan fingerprint density at radius 3 is 2.43 bits per heavy atom. The molecule has 1 fully saturated rings. The number of ether oxygens (including phenoxy) is 2. The molecule has 28 heavy (non-hydrogen) atoms. The zero-order chi connectivity index (χ0) is 20.1. The quantitative estimate of drug-likeness (QED) is 0.701. The summed E-state index contributed by atoms with van der Waals surface area (Å²) in [4.78, 5) is 13.3. The Kier molecular flexibility index (Phi) is 6.86. The lowest BCUT2D eigenvalue weighted by Crippen LogP contribution is -2.48. The summed E-state index contributed by atoms with van der Waals surface area (Å²) in [5.74, 6) is 0.779. The Morgan fingerprint density at radius 1 is 1.14 bits per heavy atom. The smallest absolute Gasteiger partial charge is 0.231 e. The maximum atomic E-state index is 13.3. The van der Waals surface area contributed by atoms with Gasteiger partial charge in [-0.05, 0) is 62.1 Å². The minimum atomic E-state index is -0.708. The summed E-state index contributed by atoms with van der Waals surface area (Å²) in [6.45, 7) is 5.46. The van der Waals surface area contributed by atoms with Crippen molar-refractivity contribution in [2.45, 2.75) is 44.8 Å². The van der Waals surface area contributed by atoms with Crippen molar-refractivity contribution >= 4 is 29.1 Å². The molecule has 0 unspecified atom stereocenters. The van der Waals surface area contributed by atoms with Crippen LogP contribution in [0.1, 0.15) is 37.8 Å². The van der Waals surface area contributed by atoms with Gasteiger partial charge in [-0.15, -0.1) is 0 Å². The van der Waals surface area contributed by atoms with Crippen LogP contribution in [0.2, 0.25) is 10.0 Å². The van der Waals surface area contributed by atoms with E-state index >= 15 is 0 Å². The summed E-state index contributed by atoms with van der Waals surface area (Å²) >= 11 is 12.5. The van der Waals surface area contributed by atoms with Crippen LogP contribution in [0.4, 0.5) is 0 Å². The highest BCUT2D eigenvalue weighted by atomic mass is 35.5. The predicted molar refractivity (Wildman–Crippen MR) is 112 cm³/mol. The van der Waals surface area contributed by atoms with Crippen molar-refractivity contribution in [3.63, 3.8) is 0 Å². The van der Waals surface area contributed by atoms with Crippen molar-refractivity contribution in [3.05, 3.63) is 63.6 Å². The van der Waals surface area contributed by atoms with Crippen molar-refractivity contribution in [1.82, 2.24) is 5.32 Å². The van der Waals surface area contributed by atoms with E-state index in [1.807, 2.05) is 44.2 Å². The molecule has 0 aromatic heterocycles. The first kappa shape index (κ1) is 21.0. The molecule has 2 aromatic rings. The number of carbonyl (C=O) groups is 1. The summed E-state index contributed by atoms with van der Waals surface area (Å²) in [6, 6.07) is 13.1. The number of hydrogen-bond donors (Lipinski definition) is 1. The van der Waals surface area contributed by atoms with Crippen molar-refractivity contribution in [2.75, 3.05) is 13.2 Å². The van der Waals surface area contributed by atoms with Crippen LogP contribution in [-0.2, 0) is 21.5 Å². The molecule has 1 aliphatic rings. The van der Waals surface area contributed by atoms with Gasteiger partial charge in [0.15, 0.2) is 0 Å². The lowest BCUT2D eigenvalue weighted by atomic mass is 9.73. The highest BCUT2D eigenvalue weighted by molar-refractivity contribution is 6.35. The molecular formula is C22H25Cl2NO3. The standard InChI is InChI=1S/C22H25Cl2NO3/c1-15(2)28-18-6-3-16(4-7-18)14-25-21(26)22(9-11-27-12-10-22)19-8-5-17(23)13-20(19)24/h3-8,13,15H,9-12,14H2,1-2H3,(H,25,26). The maximum absolute atomic E-state index is 13.3. The van der Waals surface area contributed by atoms with Crippen LogP contribution >= 0.6 is 23.2 Å². The van der Waals surface area contributed by atoms with Crippen LogP contribution in [0, 0.1) is 0 Å². The summed E-state index contributed by atoms with van der Waals surface area (Å²) in [7, 11) is 0. The molecule has 1 aliphatic heterocycles. The van der Waals surface area contributed by atoms with Crippen molar-refractivity contribution < 1.29 is 14.3 Å². The Morgan fingerprint density at radius 2 is 1.82 bits per heavy atom. The molecule has 6 heteroatoms. The lowest BCUT2D eigenvalue weighted by Gasteiger charge is -2.37. The second kappa shape index (κ2) is 9.17. The highest BCUT2D eigenvalue weighted by Crippen LogP contribution is 2.40. The van der Waals surface area contributed by atoms with Crippen molar-refractivity contribution in [3.8, 4) is 5.75 Å². The first-order valence-electron chi connectivity index (χ1n) is 9.48. The number of carbonyl (C=O) groups excluding carboxylic acids is 1. The van der Waals surface area contributed by atoms with Crippen LogP contribution in [0.5, 0.6) is 5.75 Å². The van der Waals surface area contributed by atoms with Gasteiger partial charge >= 0.3 is 0 Å². The molecule has 1 saturated heterocycles. The number of hydrogen-bond acceptors (Lipinski definition) is 3. The maximum Gasteiger partial charge on any atom is 0.231 e. The SMILES string of the molecule is CC(C)Oc1ccc(CNC(=O)C2(c3ccc(Cl)cc3Cl)CCOCC2)cc1. The van der Waals surface area contributed by atoms with Gasteiger partial charge < -0.3 is 14.8 Å². The zero-order valence-electron chi connectivity index (χ0n) is 16.1. The minimum absolute atomic E-state index is 0.0393. The largest absolute Gasteiger partial charge is 0.491 e. The fourth-order valence-corrected chi connectivity index (χ4v) is 4.12. The average Bonchev–Trinajstić information content (AvgIpc) is 2.67. The molecule has 0 spiro atoms. The first-order valence-corrected chi connectivity index (χ1v) is 10.2. The molecule has 0 atom stereocenters. The van der Waals surface area contributed by atoms with Gasteiger partial charge in [-0.1, -0.05) is 41.4 Å². The topological polar surface area (TPSA) is 47.6 Å². The van der Waals surface area contributed by atoms with Gasteiger partial charge in [0.25, 0.3) is 0 Å². The van der Waals surface area contributed by atoms with Gasteiger partial charge in [0.2, 0.25) is 5.91 Å². The predicted octanol–water partition coefficient (Wildman–Crippen LogP) is 5.15. The number of rotatable bonds is 6. The second-order valence-corrected chi connectivity index (χ2v) is 8.16. The third kappa shape index (κ3) is 4.80. The van der Waals surface area contributed by atoms with Gasteiger partial charge in [-0.25, -0.2) is 0 Å². The average molecular weight is 422 g/mol. The Balaban J connectivity index is 1.75. The molecule has 4 nitrogen and oxygen atoms in total. The van der Waals surface area contributed by atoms with Crippen LogP contribution in [0.25, 0.3) is 0 Å². The van der Waals surface area contributed by atoms with Crippen LogP contribution in [0.15, 0.2) is 42.5 Å². The molecule has 1 N–H and O–H groups in total. The first-order chi connectivity index (χ1) is 13.4. The molecule has 0 aliphatic carbocycles. The molecule has 2 aromatic carbocycles. The fraction of sp³-hybridized carbons (Fsp3) is 0.409. The van der Waals surface area contributed by atoms with Gasteiger partial charge in [0.1, 0.15) is 5.75 Å². The summed E-state index contributed by atoms with van der Waals surface area (Å²) in [5, 5.41) is 4.15. The van der Waals surface area contributed by atoms with E-state index in [2.05, 4.69) is 5.32 Å². The minimum Gasteiger partial charge on any atom is -0.491 e. The molecule has 0 bridgehead atoms. The van der Waals surface area contributed by atoms with E-state index in [-0.39, 0.29) is 12.0 Å². The van der Waals surface area contributed by atoms with Gasteiger partial charge in [0, 0.05) is 29.8 Å². The summed E-state index contributed by atoms with van der Waals surface area (Å²) in [5.41, 5.74) is 1.11. The summed E-state index contributed by atoms with van der Waals surface area (Å²) < 4.78 is 11.2. The number of benzene rings is 2. The van der Waals surface area contributed by atoms with E-state index < -0.39 is 5.41 Å². The molecular weight excluding hydrogens is 397 g/mol. The Bertz CT molecular complexity index is 815. The van der Waals surface area contributed by atoms with E-state index in [0.717, 1.165) is 16.9 Å². The number of amides is 1. The lowest BCUT2D eigenvalue weighted by molar-refractivity contribution is -0.130. The second-order valence-electron chi connectivity index (χ2n) is 7.31. The van der Waals surface area contributed by atoms with E-state index in [0.29, 0.717) is 42.6 Å². The van der Waals surface area contributed by atoms with E-state index in [1.165, 1.54) is 0 Å². The van der Waals surface area contributed by atoms with Gasteiger partial charge in [-0.3, -0.25) is 4.79 Å². The van der Waals surface area contributed by atoms with Crippen LogP contribution in [-0.4, -0.2) is 25.2 Å². The highest BCUT2D eigenvalue weighted by Gasteiger charge is 2.42. The normalized spacial score (nSPS) is 16.0. The Labute approximate surface area is 176 Å². The van der Waals surface area contributed by atoms with Crippen molar-refractivity contribution in [1.29, 1.82) is 0 Å². The third-order valence-electron chi connectivity index (χ3n) is 4.98. The molecule has 3 rings (SSSR count). The van der Waals surface area contributed by atoms with Crippen LogP contribution < -0.4 is 10.1 Å². The van der Waals surface area contributed by atoms with Crippen LogP contribution in [0.3, 0.4) is 0 Å². The zero-order valence-corrected chi connectivity index (χ0v) is 17.6. The molecule has 1 amide bonds. The third-order valence-corrected chi connectivity index (χ3v) is 5.52. The summed E-state index contributed by atoms with van der Waals surface area (Å²) in [6.07, 6.45) is 1.30. The molecule has 150 valence electrons. The number of halogens is 2. The monoisotopic (exact) mass is 421 g/mol. The van der Waals surface area contributed by atoms with Crippen molar-refractivity contribution in [2.24, 2.45) is 0 Å². The van der Waals surface area contributed by atoms with E-state index in [1.54, 1.807) is 12.1 Å². The van der Waals surface area contributed by atoms with Gasteiger partial charge in [-0.2, -0.15) is 0 Å². The van der Waals surface area contributed by atoms with E-state index in [4.69, 9.17) is 32.7 Å². The molecule has 1 heterocycles. The van der Waals surface area contributed by atoms with Gasteiger partial charge in [0.05, 0.1) is 11.5 Å². The van der Waals surface area contributed by atoms with E-state index in [9.17, 15) is 4.79 Å². The molecule has 0 saturated carbocycles.